The number of halogens is 2. The molecule has 0 saturated heterocycles. The summed E-state index contributed by atoms with van der Waals surface area (Å²) in [6.45, 7) is 1.37. The van der Waals surface area contributed by atoms with E-state index in [0.29, 0.717) is 16.2 Å². The number of para-hydroxylation sites is 2. The molecular formula is C11H12F2N2S. The van der Waals surface area contributed by atoms with Crippen LogP contribution in [0.15, 0.2) is 29.4 Å². The fraction of sp³-hybridized carbons (Fsp3) is 0.364. The predicted molar refractivity (Wildman–Crippen MR) is 62.0 cm³/mol. The summed E-state index contributed by atoms with van der Waals surface area (Å²) in [6.07, 6.45) is 0. The smallest absolute Gasteiger partial charge is 0.261 e. The third kappa shape index (κ3) is 2.04. The lowest BCUT2D eigenvalue weighted by Crippen LogP contribution is -2.01. The maximum atomic E-state index is 13.0. The van der Waals surface area contributed by atoms with Gasteiger partial charge in [0.1, 0.15) is 0 Å². The average molecular weight is 242 g/mol. The van der Waals surface area contributed by atoms with E-state index in [0.717, 1.165) is 4.57 Å². The van der Waals surface area contributed by atoms with Crippen LogP contribution in [-0.4, -0.2) is 14.8 Å². The highest BCUT2D eigenvalue weighted by Gasteiger charge is 2.18. The first kappa shape index (κ1) is 11.4. The van der Waals surface area contributed by atoms with Crippen LogP contribution in [0.25, 0.3) is 11.0 Å². The van der Waals surface area contributed by atoms with Crippen molar-refractivity contribution in [2.75, 3.05) is 0 Å². The number of thioether (sulfide) groups is 1. The van der Waals surface area contributed by atoms with Gasteiger partial charge in [-0.3, -0.25) is 4.57 Å². The average Bonchev–Trinajstić information content (AvgIpc) is 2.53. The molecule has 86 valence electrons. The van der Waals surface area contributed by atoms with Crippen molar-refractivity contribution in [2.24, 2.45) is 0 Å². The van der Waals surface area contributed by atoms with Gasteiger partial charge in [-0.1, -0.05) is 37.7 Å². The molecule has 0 N–H and O–H groups in total. The molecule has 0 saturated carbocycles. The molecule has 1 aromatic heterocycles. The van der Waals surface area contributed by atoms with E-state index in [1.807, 2.05) is 13.8 Å². The summed E-state index contributed by atoms with van der Waals surface area (Å²) < 4.78 is 26.9. The highest BCUT2D eigenvalue weighted by atomic mass is 32.2. The van der Waals surface area contributed by atoms with Gasteiger partial charge in [0.2, 0.25) is 0 Å². The number of hydrogen-bond acceptors (Lipinski definition) is 2. The van der Waals surface area contributed by atoms with Crippen molar-refractivity contribution in [2.45, 2.75) is 30.8 Å². The van der Waals surface area contributed by atoms with Crippen molar-refractivity contribution in [1.82, 2.24) is 9.55 Å². The van der Waals surface area contributed by atoms with Gasteiger partial charge < -0.3 is 0 Å². The molecule has 0 aliphatic heterocycles. The lowest BCUT2D eigenvalue weighted by molar-refractivity contribution is 0.0656. The SMILES string of the molecule is CC(C)Sc1nc2ccccc2n1C(F)F. The summed E-state index contributed by atoms with van der Waals surface area (Å²) in [4.78, 5) is 4.22. The van der Waals surface area contributed by atoms with Crippen molar-refractivity contribution in [1.29, 1.82) is 0 Å². The van der Waals surface area contributed by atoms with E-state index in [1.165, 1.54) is 11.8 Å². The second-order valence-corrected chi connectivity index (χ2v) is 5.24. The molecule has 0 amide bonds. The molecule has 5 heteroatoms. The van der Waals surface area contributed by atoms with Crippen molar-refractivity contribution in [3.05, 3.63) is 24.3 Å². The first-order valence-corrected chi connectivity index (χ1v) is 5.89. The zero-order valence-corrected chi connectivity index (χ0v) is 9.84. The quantitative estimate of drug-likeness (QED) is 0.759. The van der Waals surface area contributed by atoms with Gasteiger partial charge in [0.15, 0.2) is 5.16 Å². The van der Waals surface area contributed by atoms with E-state index >= 15 is 0 Å². The molecule has 0 unspecified atom stereocenters. The van der Waals surface area contributed by atoms with Crippen LogP contribution >= 0.6 is 11.8 Å². The maximum absolute atomic E-state index is 13.0. The normalized spacial score (nSPS) is 11.9. The zero-order valence-electron chi connectivity index (χ0n) is 9.02. The molecule has 0 radical (unpaired) electrons. The van der Waals surface area contributed by atoms with E-state index in [-0.39, 0.29) is 5.25 Å². The molecule has 1 heterocycles. The van der Waals surface area contributed by atoms with Gasteiger partial charge >= 0.3 is 6.55 Å². The Bertz CT molecular complexity index is 494. The van der Waals surface area contributed by atoms with Crippen molar-refractivity contribution < 1.29 is 8.78 Å². The number of imidazole rings is 1. The van der Waals surface area contributed by atoms with Crippen LogP contribution in [0.5, 0.6) is 0 Å². The first-order valence-electron chi connectivity index (χ1n) is 5.01. The van der Waals surface area contributed by atoms with Gasteiger partial charge in [-0.2, -0.15) is 8.78 Å². The van der Waals surface area contributed by atoms with Gasteiger partial charge in [0.05, 0.1) is 11.0 Å². The van der Waals surface area contributed by atoms with E-state index in [2.05, 4.69) is 4.98 Å². The standard InChI is InChI=1S/C11H12F2N2S/c1-7(2)16-11-14-8-5-3-4-6-9(8)15(11)10(12)13/h3-7,10H,1-2H3. The topological polar surface area (TPSA) is 17.8 Å². The van der Waals surface area contributed by atoms with Crippen LogP contribution in [0.2, 0.25) is 0 Å². The van der Waals surface area contributed by atoms with Crippen LogP contribution in [0.4, 0.5) is 8.78 Å². The molecule has 2 aromatic rings. The Kier molecular flexibility index (Phi) is 3.14. The van der Waals surface area contributed by atoms with Gasteiger partial charge in [-0.25, -0.2) is 4.98 Å². The van der Waals surface area contributed by atoms with Crippen molar-refractivity contribution in [3.8, 4) is 0 Å². The van der Waals surface area contributed by atoms with Gasteiger partial charge in [0, 0.05) is 5.25 Å². The summed E-state index contributed by atoms with van der Waals surface area (Å²) in [5, 5.41) is 0.612. The summed E-state index contributed by atoms with van der Waals surface area (Å²) in [5.74, 6) is 0. The molecule has 0 bridgehead atoms. The third-order valence-electron chi connectivity index (χ3n) is 2.10. The van der Waals surface area contributed by atoms with Crippen LogP contribution in [0, 0.1) is 0 Å². The van der Waals surface area contributed by atoms with Crippen LogP contribution in [0.3, 0.4) is 0 Å². The third-order valence-corrected chi connectivity index (χ3v) is 3.07. The molecule has 0 aliphatic rings. The Morgan fingerprint density at radius 2 is 1.94 bits per heavy atom. The Morgan fingerprint density at radius 1 is 1.25 bits per heavy atom. The summed E-state index contributed by atoms with van der Waals surface area (Å²) in [7, 11) is 0. The Hall–Kier alpha value is -1.10. The second kappa shape index (κ2) is 4.41. The fourth-order valence-corrected chi connectivity index (χ4v) is 2.37. The Labute approximate surface area is 96.7 Å². The number of aromatic nitrogens is 2. The Morgan fingerprint density at radius 3 is 2.56 bits per heavy atom. The fourth-order valence-electron chi connectivity index (χ4n) is 1.50. The number of fused-ring (bicyclic) bond motifs is 1. The summed E-state index contributed by atoms with van der Waals surface area (Å²) >= 11 is 1.35. The minimum absolute atomic E-state index is 0.231. The van der Waals surface area contributed by atoms with Crippen LogP contribution in [0.1, 0.15) is 20.4 Å². The molecule has 2 rings (SSSR count). The van der Waals surface area contributed by atoms with Gasteiger partial charge in [-0.15, -0.1) is 0 Å². The van der Waals surface area contributed by atoms with E-state index < -0.39 is 6.55 Å². The lowest BCUT2D eigenvalue weighted by Gasteiger charge is -2.08. The van der Waals surface area contributed by atoms with Gasteiger partial charge in [-0.05, 0) is 12.1 Å². The van der Waals surface area contributed by atoms with E-state index in [4.69, 9.17) is 0 Å². The molecule has 1 aromatic carbocycles. The molecule has 2 nitrogen and oxygen atoms in total. The molecular weight excluding hydrogens is 230 g/mol. The predicted octanol–water partition coefficient (Wildman–Crippen LogP) is 3.93. The minimum atomic E-state index is -2.55. The van der Waals surface area contributed by atoms with Crippen molar-refractivity contribution in [3.63, 3.8) is 0 Å². The summed E-state index contributed by atoms with van der Waals surface area (Å²) in [6, 6.07) is 6.96. The highest BCUT2D eigenvalue weighted by Crippen LogP contribution is 2.30. The van der Waals surface area contributed by atoms with Crippen LogP contribution in [-0.2, 0) is 0 Å². The zero-order chi connectivity index (χ0) is 11.7. The number of hydrogen-bond donors (Lipinski definition) is 0. The number of alkyl halides is 2. The Balaban J connectivity index is 2.58. The number of rotatable bonds is 3. The largest absolute Gasteiger partial charge is 0.321 e. The van der Waals surface area contributed by atoms with Crippen molar-refractivity contribution >= 4 is 22.8 Å². The lowest BCUT2D eigenvalue weighted by atomic mass is 10.3. The minimum Gasteiger partial charge on any atom is -0.261 e. The molecule has 0 aliphatic carbocycles. The molecule has 0 atom stereocenters. The van der Waals surface area contributed by atoms with E-state index in [1.54, 1.807) is 24.3 Å². The number of benzene rings is 1. The monoisotopic (exact) mass is 242 g/mol. The number of nitrogens with zero attached hydrogens (tertiary/aromatic N) is 2. The summed E-state index contributed by atoms with van der Waals surface area (Å²) in [5.41, 5.74) is 1.10. The van der Waals surface area contributed by atoms with Gasteiger partial charge in [0.25, 0.3) is 0 Å². The van der Waals surface area contributed by atoms with E-state index in [9.17, 15) is 8.78 Å². The maximum Gasteiger partial charge on any atom is 0.321 e. The molecule has 0 spiro atoms. The molecule has 16 heavy (non-hydrogen) atoms. The highest BCUT2D eigenvalue weighted by molar-refractivity contribution is 7.99. The second-order valence-electron chi connectivity index (χ2n) is 3.70. The molecule has 0 fully saturated rings. The van der Waals surface area contributed by atoms with Crippen LogP contribution < -0.4 is 0 Å². The first-order chi connectivity index (χ1) is 7.59.